The average molecular weight is 623 g/mol. The van der Waals surface area contributed by atoms with Gasteiger partial charge in [-0.2, -0.15) is 0 Å². The van der Waals surface area contributed by atoms with Crippen LogP contribution in [0.25, 0.3) is 21.5 Å². The van der Waals surface area contributed by atoms with Gasteiger partial charge in [-0.25, -0.2) is 26.3 Å². The Morgan fingerprint density at radius 3 is 1.44 bits per heavy atom. The van der Waals surface area contributed by atoms with Crippen molar-refractivity contribution in [1.29, 1.82) is 0 Å². The number of nitrogens with one attached hydrogen (secondary N) is 2. The third kappa shape index (κ3) is 8.24. The Morgan fingerprint density at radius 2 is 0.884 bits per heavy atom. The van der Waals surface area contributed by atoms with E-state index in [1.54, 1.807) is 18.2 Å². The minimum atomic E-state index is -3.63. The molecule has 0 aromatic heterocycles. The molecule has 4 unspecified atom stereocenters. The summed E-state index contributed by atoms with van der Waals surface area (Å²) in [4.78, 5) is 0.644. The van der Waals surface area contributed by atoms with Gasteiger partial charge in [-0.3, -0.25) is 0 Å². The molecule has 0 bridgehead atoms. The van der Waals surface area contributed by atoms with Crippen molar-refractivity contribution in [3.05, 3.63) is 83.9 Å². The fraction of sp³-hybridized carbons (Fsp3) is 0.429. The Labute approximate surface area is 258 Å². The zero-order valence-corrected chi connectivity index (χ0v) is 27.9. The first-order chi connectivity index (χ1) is 20.3. The second-order valence-corrected chi connectivity index (χ2v) is 16.2. The van der Waals surface area contributed by atoms with Crippen LogP contribution in [-0.2, 0) is 20.0 Å². The van der Waals surface area contributed by atoms with E-state index in [1.807, 2.05) is 68.4 Å². The van der Waals surface area contributed by atoms with Crippen LogP contribution in [0.2, 0.25) is 0 Å². The highest BCUT2D eigenvalue weighted by Crippen LogP contribution is 2.28. The van der Waals surface area contributed by atoms with E-state index in [1.165, 1.54) is 0 Å². The molecule has 0 saturated carbocycles. The third-order valence-electron chi connectivity index (χ3n) is 8.44. The van der Waals surface area contributed by atoms with Gasteiger partial charge in [-0.15, -0.1) is 0 Å². The SMILES string of the molecule is Cc1cccc2c(S(=O)(=O)NCC(C)CC(C)CC(C)CC(C)CNS(=O)(=O)c3ccc(C)c4ccccc34)cccc12. The summed E-state index contributed by atoms with van der Waals surface area (Å²) in [6.45, 7) is 13.3. The summed E-state index contributed by atoms with van der Waals surface area (Å²) in [5, 5.41) is 3.39. The van der Waals surface area contributed by atoms with Gasteiger partial charge in [0.25, 0.3) is 0 Å². The van der Waals surface area contributed by atoms with E-state index in [2.05, 4.69) is 37.1 Å². The maximum Gasteiger partial charge on any atom is 0.241 e. The lowest BCUT2D eigenvalue weighted by Crippen LogP contribution is -2.30. The van der Waals surface area contributed by atoms with E-state index in [-0.39, 0.29) is 11.8 Å². The van der Waals surface area contributed by atoms with E-state index in [4.69, 9.17) is 0 Å². The van der Waals surface area contributed by atoms with E-state index < -0.39 is 20.0 Å². The van der Waals surface area contributed by atoms with Crippen molar-refractivity contribution in [1.82, 2.24) is 9.44 Å². The van der Waals surface area contributed by atoms with Crippen molar-refractivity contribution < 1.29 is 16.8 Å². The number of benzene rings is 4. The minimum absolute atomic E-state index is 0.183. The fourth-order valence-corrected chi connectivity index (χ4v) is 9.17. The highest BCUT2D eigenvalue weighted by molar-refractivity contribution is 7.90. The number of aryl methyl sites for hydroxylation is 2. The van der Waals surface area contributed by atoms with Gasteiger partial charge in [-0.05, 0) is 90.8 Å². The summed E-state index contributed by atoms with van der Waals surface area (Å²) in [6, 6.07) is 22.3. The van der Waals surface area contributed by atoms with Crippen LogP contribution in [0.1, 0.15) is 58.1 Å². The molecule has 0 amide bonds. The summed E-state index contributed by atoms with van der Waals surface area (Å²) in [7, 11) is -7.27. The fourth-order valence-electron chi connectivity index (χ4n) is 6.41. The molecule has 4 aromatic carbocycles. The predicted molar refractivity (Wildman–Crippen MR) is 178 cm³/mol. The van der Waals surface area contributed by atoms with Crippen molar-refractivity contribution in [2.45, 2.75) is 70.6 Å². The lowest BCUT2D eigenvalue weighted by atomic mass is 9.85. The molecule has 0 spiro atoms. The quantitative estimate of drug-likeness (QED) is 0.152. The van der Waals surface area contributed by atoms with E-state index in [0.29, 0.717) is 34.7 Å². The molecule has 6 nitrogen and oxygen atoms in total. The van der Waals surface area contributed by atoms with Gasteiger partial charge in [0.05, 0.1) is 9.79 Å². The summed E-state index contributed by atoms with van der Waals surface area (Å²) in [6.07, 6.45) is 2.81. The summed E-state index contributed by atoms with van der Waals surface area (Å²) in [5.41, 5.74) is 2.11. The van der Waals surface area contributed by atoms with Crippen molar-refractivity contribution in [3.8, 4) is 0 Å². The molecule has 4 aromatic rings. The smallest absolute Gasteiger partial charge is 0.211 e. The lowest BCUT2D eigenvalue weighted by molar-refractivity contribution is 0.307. The lowest BCUT2D eigenvalue weighted by Gasteiger charge is -2.23. The standard InChI is InChI=1S/C35H46N2O4S2/c1-24(20-26(3)22-36-42(38,39)34-16-10-14-31-28(5)11-9-15-33(31)34)19-25(2)21-27(4)23-37-43(40,41)35-18-17-29(6)30-12-7-8-13-32(30)35/h7-18,24-27,36-37H,19-23H2,1-6H3. The van der Waals surface area contributed by atoms with Gasteiger partial charge >= 0.3 is 0 Å². The van der Waals surface area contributed by atoms with Crippen LogP contribution in [0, 0.1) is 37.5 Å². The Bertz CT molecular complexity index is 1700. The first-order valence-corrected chi connectivity index (χ1v) is 18.2. The second kappa shape index (κ2) is 13.9. The molecule has 0 radical (unpaired) electrons. The maximum absolute atomic E-state index is 13.2. The zero-order valence-electron chi connectivity index (χ0n) is 26.2. The maximum atomic E-state index is 13.2. The molecule has 4 rings (SSSR count). The molecule has 0 saturated heterocycles. The van der Waals surface area contributed by atoms with Gasteiger partial charge in [-0.1, -0.05) is 88.4 Å². The van der Waals surface area contributed by atoms with Crippen LogP contribution in [0.15, 0.2) is 82.6 Å². The molecular weight excluding hydrogens is 577 g/mol. The van der Waals surface area contributed by atoms with Crippen LogP contribution in [0.5, 0.6) is 0 Å². The molecule has 0 heterocycles. The Hall–Kier alpha value is -2.78. The largest absolute Gasteiger partial charge is 0.241 e. The molecule has 0 fully saturated rings. The number of sulfonamides is 2. The van der Waals surface area contributed by atoms with E-state index >= 15 is 0 Å². The molecule has 8 heteroatoms. The predicted octanol–water partition coefficient (Wildman–Crippen LogP) is 7.58. The van der Waals surface area contributed by atoms with Crippen LogP contribution < -0.4 is 9.44 Å². The van der Waals surface area contributed by atoms with Gasteiger partial charge < -0.3 is 0 Å². The number of hydrogen-bond donors (Lipinski definition) is 2. The van der Waals surface area contributed by atoms with Crippen LogP contribution >= 0.6 is 0 Å². The number of rotatable bonds is 14. The first kappa shape index (κ1) is 33.1. The normalized spacial score (nSPS) is 15.4. The average Bonchev–Trinajstić information content (AvgIpc) is 2.95. The van der Waals surface area contributed by atoms with Crippen molar-refractivity contribution in [2.24, 2.45) is 23.7 Å². The zero-order chi connectivity index (χ0) is 31.4. The van der Waals surface area contributed by atoms with Gasteiger partial charge in [0.1, 0.15) is 0 Å². The molecule has 232 valence electrons. The van der Waals surface area contributed by atoms with Gasteiger partial charge in [0.15, 0.2) is 0 Å². The van der Waals surface area contributed by atoms with Gasteiger partial charge in [0.2, 0.25) is 20.0 Å². The summed E-state index contributed by atoms with van der Waals surface area (Å²) >= 11 is 0. The number of fused-ring (bicyclic) bond motifs is 2. The molecule has 0 aliphatic rings. The minimum Gasteiger partial charge on any atom is -0.211 e. The highest BCUT2D eigenvalue weighted by Gasteiger charge is 2.22. The monoisotopic (exact) mass is 622 g/mol. The highest BCUT2D eigenvalue weighted by atomic mass is 32.2. The Kier molecular flexibility index (Phi) is 10.7. The molecule has 0 aliphatic heterocycles. The topological polar surface area (TPSA) is 92.3 Å². The second-order valence-electron chi connectivity index (χ2n) is 12.7. The first-order valence-electron chi connectivity index (χ1n) is 15.2. The molecule has 2 N–H and O–H groups in total. The van der Waals surface area contributed by atoms with E-state index in [9.17, 15) is 16.8 Å². The van der Waals surface area contributed by atoms with E-state index in [0.717, 1.165) is 51.9 Å². The van der Waals surface area contributed by atoms with Crippen LogP contribution in [-0.4, -0.2) is 29.9 Å². The Morgan fingerprint density at radius 1 is 0.488 bits per heavy atom. The molecule has 0 aliphatic carbocycles. The van der Waals surface area contributed by atoms with Crippen LogP contribution in [0.4, 0.5) is 0 Å². The van der Waals surface area contributed by atoms with Crippen LogP contribution in [0.3, 0.4) is 0 Å². The third-order valence-corrected chi connectivity index (χ3v) is 11.4. The number of hydrogen-bond acceptors (Lipinski definition) is 4. The molecular formula is C35H46N2O4S2. The molecule has 43 heavy (non-hydrogen) atoms. The molecule has 4 atom stereocenters. The Balaban J connectivity index is 1.25. The summed E-state index contributed by atoms with van der Waals surface area (Å²) < 4.78 is 58.4. The van der Waals surface area contributed by atoms with Crippen molar-refractivity contribution in [3.63, 3.8) is 0 Å². The van der Waals surface area contributed by atoms with Crippen molar-refractivity contribution in [2.75, 3.05) is 13.1 Å². The van der Waals surface area contributed by atoms with Gasteiger partial charge in [0, 0.05) is 23.9 Å². The summed E-state index contributed by atoms with van der Waals surface area (Å²) in [5.74, 6) is 1.19. The van der Waals surface area contributed by atoms with Crippen molar-refractivity contribution >= 4 is 41.6 Å².